The van der Waals surface area contributed by atoms with Crippen LogP contribution in [-0.4, -0.2) is 37.2 Å². The van der Waals surface area contributed by atoms with Crippen molar-refractivity contribution in [2.75, 3.05) is 13.2 Å². The Morgan fingerprint density at radius 3 is 0.881 bits per heavy atom. The Morgan fingerprint density at radius 1 is 0.339 bits per heavy atom. The minimum atomic E-state index is -0.763. The molecule has 0 aromatic heterocycles. The molecule has 0 aromatic rings. The number of carbonyl (C=O) groups is 3. The minimum absolute atomic E-state index is 0.0648. The molecule has 59 heavy (non-hydrogen) atoms. The molecule has 0 aliphatic rings. The monoisotopic (exact) mass is 835 g/mol. The zero-order valence-electron chi connectivity index (χ0n) is 40.5. The molecule has 0 amide bonds. The summed E-state index contributed by atoms with van der Waals surface area (Å²) < 4.78 is 16.8. The van der Waals surface area contributed by atoms with Crippen LogP contribution in [0.25, 0.3) is 0 Å². The quantitative estimate of drug-likeness (QED) is 0.0345. The van der Waals surface area contributed by atoms with Crippen LogP contribution in [0.3, 0.4) is 0 Å². The SMILES string of the molecule is CCC(C)CCCCCCCCCCCCC(=O)OC[C@H](COC(=O)CCCCCCCCCCCCCC(C)C)OC(=O)CCCCCCCCCCCCC(C)C. The molecule has 350 valence electrons. The fraction of sp³-hybridized carbons (Fsp3) is 0.943. The predicted octanol–water partition coefficient (Wildman–Crippen LogP) is 16.8. The average Bonchev–Trinajstić information content (AvgIpc) is 3.20. The highest BCUT2D eigenvalue weighted by Crippen LogP contribution is 2.18. The second-order valence-corrected chi connectivity index (χ2v) is 19.4. The number of unbranched alkanes of at least 4 members (excludes halogenated alkanes) is 28. The predicted molar refractivity (Wildman–Crippen MR) is 252 cm³/mol. The smallest absolute Gasteiger partial charge is 0.306 e. The molecule has 0 radical (unpaired) electrons. The van der Waals surface area contributed by atoms with Gasteiger partial charge in [-0.25, -0.2) is 0 Å². The van der Waals surface area contributed by atoms with Crippen molar-refractivity contribution in [1.29, 1.82) is 0 Å². The lowest BCUT2D eigenvalue weighted by Crippen LogP contribution is -2.30. The summed E-state index contributed by atoms with van der Waals surface area (Å²) in [6.45, 7) is 13.7. The zero-order chi connectivity index (χ0) is 43.4. The van der Waals surface area contributed by atoms with Crippen LogP contribution in [0.5, 0.6) is 0 Å². The summed E-state index contributed by atoms with van der Waals surface area (Å²) >= 11 is 0. The third-order valence-electron chi connectivity index (χ3n) is 12.3. The standard InChI is InChI=1S/C53H102O6/c1-7-49(6)41-35-29-23-17-12-14-19-25-31-37-43-52(55)58-46-50(59-53(56)44-38-32-26-20-13-11-16-22-28-34-40-48(4)5)45-57-51(54)42-36-30-24-18-10-8-9-15-21-27-33-39-47(2)3/h47-50H,7-46H2,1-6H3/t49?,50-/m0/s1. The minimum Gasteiger partial charge on any atom is -0.462 e. The van der Waals surface area contributed by atoms with Gasteiger partial charge in [0.1, 0.15) is 13.2 Å². The van der Waals surface area contributed by atoms with Crippen LogP contribution < -0.4 is 0 Å². The summed E-state index contributed by atoms with van der Waals surface area (Å²) in [6, 6.07) is 0. The Kier molecular flexibility index (Phi) is 43.3. The van der Waals surface area contributed by atoms with E-state index in [0.29, 0.717) is 19.3 Å². The van der Waals surface area contributed by atoms with Gasteiger partial charge in [0.2, 0.25) is 0 Å². The first kappa shape index (κ1) is 57.4. The van der Waals surface area contributed by atoms with Crippen LogP contribution in [0.1, 0.15) is 286 Å². The Balaban J connectivity index is 4.33. The molecular formula is C53H102O6. The number of carbonyl (C=O) groups excluding carboxylic acids is 3. The van der Waals surface area contributed by atoms with Crippen LogP contribution in [0.15, 0.2) is 0 Å². The Morgan fingerprint density at radius 2 is 0.593 bits per heavy atom. The summed E-state index contributed by atoms with van der Waals surface area (Å²) in [5.74, 6) is 1.66. The van der Waals surface area contributed by atoms with Gasteiger partial charge in [-0.05, 0) is 37.0 Å². The number of hydrogen-bond acceptors (Lipinski definition) is 6. The van der Waals surface area contributed by atoms with Gasteiger partial charge in [0, 0.05) is 19.3 Å². The summed E-state index contributed by atoms with van der Waals surface area (Å²) in [7, 11) is 0. The molecular weight excluding hydrogens is 733 g/mol. The normalized spacial score (nSPS) is 12.6. The van der Waals surface area contributed by atoms with Gasteiger partial charge < -0.3 is 14.2 Å². The van der Waals surface area contributed by atoms with Crippen molar-refractivity contribution in [3.63, 3.8) is 0 Å². The zero-order valence-corrected chi connectivity index (χ0v) is 40.5. The molecule has 1 unspecified atom stereocenters. The van der Waals surface area contributed by atoms with E-state index in [1.807, 2.05) is 0 Å². The van der Waals surface area contributed by atoms with Crippen molar-refractivity contribution < 1.29 is 28.6 Å². The van der Waals surface area contributed by atoms with Crippen molar-refractivity contribution >= 4 is 17.9 Å². The van der Waals surface area contributed by atoms with E-state index in [-0.39, 0.29) is 31.1 Å². The lowest BCUT2D eigenvalue weighted by Gasteiger charge is -2.18. The highest BCUT2D eigenvalue weighted by molar-refractivity contribution is 5.71. The maximum atomic E-state index is 12.8. The molecule has 0 N–H and O–H groups in total. The van der Waals surface area contributed by atoms with E-state index in [1.54, 1.807) is 0 Å². The topological polar surface area (TPSA) is 78.9 Å². The molecule has 0 saturated carbocycles. The van der Waals surface area contributed by atoms with Gasteiger partial charge in [0.15, 0.2) is 6.10 Å². The molecule has 0 fully saturated rings. The van der Waals surface area contributed by atoms with Crippen LogP contribution in [0.4, 0.5) is 0 Å². The van der Waals surface area contributed by atoms with Crippen molar-refractivity contribution in [1.82, 2.24) is 0 Å². The van der Waals surface area contributed by atoms with E-state index in [9.17, 15) is 14.4 Å². The molecule has 6 nitrogen and oxygen atoms in total. The second-order valence-electron chi connectivity index (χ2n) is 19.4. The van der Waals surface area contributed by atoms with Crippen LogP contribution in [0, 0.1) is 17.8 Å². The molecule has 0 bridgehead atoms. The maximum Gasteiger partial charge on any atom is 0.306 e. The third kappa shape index (κ3) is 45.8. The fourth-order valence-corrected chi connectivity index (χ4v) is 7.91. The van der Waals surface area contributed by atoms with E-state index in [2.05, 4.69) is 41.5 Å². The fourth-order valence-electron chi connectivity index (χ4n) is 7.91. The van der Waals surface area contributed by atoms with E-state index < -0.39 is 6.10 Å². The molecule has 0 aliphatic heterocycles. The van der Waals surface area contributed by atoms with Gasteiger partial charge in [0.05, 0.1) is 0 Å². The molecule has 0 saturated heterocycles. The van der Waals surface area contributed by atoms with Gasteiger partial charge >= 0.3 is 17.9 Å². The first-order valence-electron chi connectivity index (χ1n) is 26.1. The number of ether oxygens (including phenoxy) is 3. The first-order valence-corrected chi connectivity index (χ1v) is 26.1. The average molecular weight is 835 g/mol. The van der Waals surface area contributed by atoms with Gasteiger partial charge in [-0.3, -0.25) is 14.4 Å². The second kappa shape index (κ2) is 44.5. The lowest BCUT2D eigenvalue weighted by molar-refractivity contribution is -0.167. The van der Waals surface area contributed by atoms with Gasteiger partial charge in [-0.2, -0.15) is 0 Å². The van der Waals surface area contributed by atoms with Gasteiger partial charge in [-0.1, -0.05) is 247 Å². The Hall–Kier alpha value is -1.59. The molecule has 0 heterocycles. The Bertz CT molecular complexity index is 916. The lowest BCUT2D eigenvalue weighted by atomic mass is 9.99. The highest BCUT2D eigenvalue weighted by Gasteiger charge is 2.19. The summed E-state index contributed by atoms with van der Waals surface area (Å²) in [6.07, 6.45) is 43.7. The van der Waals surface area contributed by atoms with Gasteiger partial charge in [0.25, 0.3) is 0 Å². The van der Waals surface area contributed by atoms with Crippen molar-refractivity contribution in [2.45, 2.75) is 292 Å². The number of rotatable bonds is 46. The third-order valence-corrected chi connectivity index (χ3v) is 12.3. The van der Waals surface area contributed by atoms with Crippen LogP contribution >= 0.6 is 0 Å². The first-order chi connectivity index (χ1) is 28.6. The molecule has 6 heteroatoms. The molecule has 0 aromatic carbocycles. The van der Waals surface area contributed by atoms with E-state index >= 15 is 0 Å². The van der Waals surface area contributed by atoms with Crippen molar-refractivity contribution in [2.24, 2.45) is 17.8 Å². The number of hydrogen-bond donors (Lipinski definition) is 0. The molecule has 0 spiro atoms. The summed E-state index contributed by atoms with van der Waals surface area (Å²) in [4.78, 5) is 38.0. The largest absolute Gasteiger partial charge is 0.462 e. The summed E-state index contributed by atoms with van der Waals surface area (Å²) in [5, 5.41) is 0. The van der Waals surface area contributed by atoms with Crippen LogP contribution in [0.2, 0.25) is 0 Å². The summed E-state index contributed by atoms with van der Waals surface area (Å²) in [5.41, 5.74) is 0. The highest BCUT2D eigenvalue weighted by atomic mass is 16.6. The molecule has 0 aliphatic carbocycles. The van der Waals surface area contributed by atoms with E-state index in [1.165, 1.54) is 167 Å². The molecule has 0 rings (SSSR count). The van der Waals surface area contributed by atoms with Crippen molar-refractivity contribution in [3.8, 4) is 0 Å². The molecule has 2 atom stereocenters. The van der Waals surface area contributed by atoms with Crippen LogP contribution in [-0.2, 0) is 28.6 Å². The Labute approximate surface area is 368 Å². The van der Waals surface area contributed by atoms with Crippen molar-refractivity contribution in [3.05, 3.63) is 0 Å². The maximum absolute atomic E-state index is 12.8. The van der Waals surface area contributed by atoms with E-state index in [0.717, 1.165) is 75.5 Å². The van der Waals surface area contributed by atoms with Gasteiger partial charge in [-0.15, -0.1) is 0 Å². The van der Waals surface area contributed by atoms with E-state index in [4.69, 9.17) is 14.2 Å². The number of esters is 3.